The molecule has 3 unspecified atom stereocenters. The van der Waals surface area contributed by atoms with Crippen LogP contribution < -0.4 is 9.47 Å². The number of fused-ring (bicyclic) bond motifs is 9. The van der Waals surface area contributed by atoms with Crippen molar-refractivity contribution in [2.75, 3.05) is 18.1 Å². The molecule has 4 aliphatic rings. The van der Waals surface area contributed by atoms with Crippen LogP contribution in [-0.2, 0) is 26.2 Å². The van der Waals surface area contributed by atoms with E-state index in [2.05, 4.69) is 78.8 Å². The van der Waals surface area contributed by atoms with Crippen LogP contribution in [0.15, 0.2) is 70.3 Å². The molecule has 0 radical (unpaired) electrons. The Labute approximate surface area is 242 Å². The van der Waals surface area contributed by atoms with Gasteiger partial charge in [-0.15, -0.1) is 0 Å². The van der Waals surface area contributed by atoms with E-state index in [0.717, 1.165) is 67.8 Å². The van der Waals surface area contributed by atoms with Crippen molar-refractivity contribution in [3.63, 3.8) is 0 Å². The molecule has 0 saturated heterocycles. The summed E-state index contributed by atoms with van der Waals surface area (Å²) in [6.07, 6.45) is 7.87. The maximum Gasteiger partial charge on any atom is 0.380 e. The van der Waals surface area contributed by atoms with Crippen molar-refractivity contribution in [2.45, 2.75) is 90.4 Å². The van der Waals surface area contributed by atoms with Crippen LogP contribution in [0.4, 0.5) is 5.69 Å². The number of carbonyl (C=O) groups is 1. The number of benzene rings is 2. The van der Waals surface area contributed by atoms with E-state index >= 15 is 0 Å². The Hall–Kier alpha value is -3.38. The fraction of sp³-hybridized carbons (Fsp3) is 0.486. The van der Waals surface area contributed by atoms with E-state index in [9.17, 15) is 4.79 Å². The molecule has 4 aliphatic heterocycles. The fourth-order valence-corrected chi connectivity index (χ4v) is 7.85. The first-order valence-corrected chi connectivity index (χ1v) is 15.4. The van der Waals surface area contributed by atoms with Crippen molar-refractivity contribution in [1.82, 2.24) is 0 Å². The Kier molecular flexibility index (Phi) is 6.38. The van der Waals surface area contributed by atoms with Crippen LogP contribution in [0.2, 0.25) is 0 Å². The molecule has 214 valence electrons. The summed E-state index contributed by atoms with van der Waals surface area (Å²) in [4.78, 5) is 14.5. The van der Waals surface area contributed by atoms with Gasteiger partial charge >= 0.3 is 11.9 Å². The number of oxazole rings is 1. The largest absolute Gasteiger partial charge is 0.466 e. The van der Waals surface area contributed by atoms with Crippen LogP contribution in [0.25, 0.3) is 16.7 Å². The number of aromatic nitrogens is 1. The maximum absolute atomic E-state index is 11.9. The van der Waals surface area contributed by atoms with E-state index in [0.29, 0.717) is 13.0 Å². The highest BCUT2D eigenvalue weighted by molar-refractivity contribution is 5.78. The summed E-state index contributed by atoms with van der Waals surface area (Å²) in [5.41, 5.74) is 8.43. The number of hydrogen-bond acceptors (Lipinski definition) is 5. The number of hydrogen-bond donors (Lipinski definition) is 0. The van der Waals surface area contributed by atoms with Gasteiger partial charge in [-0.1, -0.05) is 57.0 Å². The van der Waals surface area contributed by atoms with Crippen LogP contribution in [0.5, 0.6) is 0 Å². The molecular weight excluding hydrogens is 512 g/mol. The number of anilines is 1. The molecule has 3 atom stereocenters. The highest BCUT2D eigenvalue weighted by Gasteiger charge is 2.55. The Bertz CT molecular complexity index is 1580. The van der Waals surface area contributed by atoms with Gasteiger partial charge in [0.1, 0.15) is 0 Å². The van der Waals surface area contributed by atoms with Crippen LogP contribution in [0.3, 0.4) is 0 Å². The van der Waals surface area contributed by atoms with Gasteiger partial charge in [-0.05, 0) is 50.5 Å². The van der Waals surface area contributed by atoms with Crippen molar-refractivity contribution in [1.29, 1.82) is 0 Å². The zero-order valence-electron chi connectivity index (χ0n) is 24.7. The third kappa shape index (κ3) is 4.17. The topological polar surface area (TPSA) is 55.8 Å². The molecule has 5 heterocycles. The zero-order chi connectivity index (χ0) is 28.4. The second-order valence-corrected chi connectivity index (χ2v) is 13.0. The van der Waals surface area contributed by atoms with E-state index in [4.69, 9.17) is 13.9 Å². The molecule has 0 amide bonds. The molecule has 0 aliphatic carbocycles. The number of nitrogens with zero attached hydrogens (tertiary/aromatic N) is 2. The average molecular weight is 554 g/mol. The quantitative estimate of drug-likeness (QED) is 0.182. The van der Waals surface area contributed by atoms with Crippen molar-refractivity contribution < 1.29 is 23.3 Å². The minimum atomic E-state index is -0.142. The first-order valence-electron chi connectivity index (χ1n) is 15.4. The summed E-state index contributed by atoms with van der Waals surface area (Å²) in [6, 6.07) is 17.3. The lowest BCUT2D eigenvalue weighted by Crippen LogP contribution is -2.54. The van der Waals surface area contributed by atoms with Gasteiger partial charge in [-0.3, -0.25) is 4.79 Å². The van der Waals surface area contributed by atoms with Gasteiger partial charge in [0, 0.05) is 53.2 Å². The predicted octanol–water partition coefficient (Wildman–Crippen LogP) is 6.86. The molecule has 7 rings (SSSR count). The number of aryl methyl sites for hydroxylation is 1. The van der Waals surface area contributed by atoms with Gasteiger partial charge < -0.3 is 18.8 Å². The molecule has 41 heavy (non-hydrogen) atoms. The van der Waals surface area contributed by atoms with E-state index in [1.807, 2.05) is 13.0 Å². The Morgan fingerprint density at radius 1 is 1.07 bits per heavy atom. The summed E-state index contributed by atoms with van der Waals surface area (Å²) in [7, 11) is 0. The number of para-hydroxylation sites is 3. The third-order valence-corrected chi connectivity index (χ3v) is 9.70. The smallest absolute Gasteiger partial charge is 0.380 e. The summed E-state index contributed by atoms with van der Waals surface area (Å²) < 4.78 is 21.0. The summed E-state index contributed by atoms with van der Waals surface area (Å²) in [5, 5.41) is 0. The number of ether oxygens (including phenoxy) is 2. The Morgan fingerprint density at radius 3 is 2.73 bits per heavy atom. The minimum absolute atomic E-state index is 0.0240. The Balaban J connectivity index is 1.31. The lowest BCUT2D eigenvalue weighted by atomic mass is 9.69. The van der Waals surface area contributed by atoms with E-state index in [-0.39, 0.29) is 29.0 Å². The summed E-state index contributed by atoms with van der Waals surface area (Å²) >= 11 is 0. The average Bonchev–Trinajstić information content (AvgIpc) is 3.46. The van der Waals surface area contributed by atoms with E-state index in [1.165, 1.54) is 22.5 Å². The monoisotopic (exact) mass is 553 g/mol. The standard InChI is InChI=1S/C35H41N2O4/c1-5-39-30(38)17-7-6-12-19-35(4)25-13-8-9-14-26(25)37-22-34(2,3)32-24(31(35)37)21-23-28(40-32)18-20-36-27-15-10-11-16-29(27)41-33(23)36/h8-11,13-16,21,28,32H,5-7,12,17-20,22H2,1-4H3/q+1. The molecule has 0 fully saturated rings. The zero-order valence-corrected chi connectivity index (χ0v) is 24.7. The predicted molar refractivity (Wildman–Crippen MR) is 159 cm³/mol. The molecule has 6 nitrogen and oxygen atoms in total. The van der Waals surface area contributed by atoms with Crippen LogP contribution in [0, 0.1) is 5.41 Å². The normalized spacial score (nSPS) is 25.7. The van der Waals surface area contributed by atoms with Gasteiger partial charge in [0.05, 0.1) is 24.4 Å². The van der Waals surface area contributed by atoms with Crippen molar-refractivity contribution in [3.05, 3.63) is 77.3 Å². The number of carbonyl (C=O) groups excluding carboxylic acids is 1. The van der Waals surface area contributed by atoms with Crippen molar-refractivity contribution >= 4 is 28.3 Å². The lowest BCUT2D eigenvalue weighted by Gasteiger charge is -2.50. The summed E-state index contributed by atoms with van der Waals surface area (Å²) in [5.74, 6) is 0.842. The molecule has 0 saturated carbocycles. The maximum atomic E-state index is 11.9. The number of allylic oxidation sites excluding steroid dienone is 1. The molecule has 2 aromatic carbocycles. The van der Waals surface area contributed by atoms with E-state index < -0.39 is 0 Å². The Morgan fingerprint density at radius 2 is 1.88 bits per heavy atom. The highest BCUT2D eigenvalue weighted by Crippen LogP contribution is 2.58. The highest BCUT2D eigenvalue weighted by atomic mass is 16.5. The SMILES string of the molecule is CCOC(=O)CCCCCC1(C)C2=C3C=C4c5oc6ccccc6[n+]5CCC4OC3C(C)(C)CN2c2ccccc21. The summed E-state index contributed by atoms with van der Waals surface area (Å²) in [6.45, 7) is 11.3. The van der Waals surface area contributed by atoms with Crippen molar-refractivity contribution in [3.8, 4) is 0 Å². The number of esters is 1. The van der Waals surface area contributed by atoms with E-state index in [1.54, 1.807) is 0 Å². The molecule has 0 bridgehead atoms. The molecule has 0 spiro atoms. The third-order valence-electron chi connectivity index (χ3n) is 9.70. The second-order valence-electron chi connectivity index (χ2n) is 13.0. The minimum Gasteiger partial charge on any atom is -0.466 e. The molecule has 1 aromatic heterocycles. The van der Waals surface area contributed by atoms with Crippen LogP contribution >= 0.6 is 0 Å². The van der Waals surface area contributed by atoms with Crippen LogP contribution in [-0.4, -0.2) is 31.3 Å². The number of rotatable bonds is 7. The fourth-order valence-electron chi connectivity index (χ4n) is 7.85. The molecular formula is C35H41N2O4+. The van der Waals surface area contributed by atoms with Gasteiger partial charge in [-0.25, -0.2) is 0 Å². The molecule has 3 aromatic rings. The number of unbranched alkanes of at least 4 members (excludes halogenated alkanes) is 2. The first-order chi connectivity index (χ1) is 19.8. The molecule has 0 N–H and O–H groups in total. The first kappa shape index (κ1) is 26.5. The van der Waals surface area contributed by atoms with Crippen molar-refractivity contribution in [2.24, 2.45) is 5.41 Å². The van der Waals surface area contributed by atoms with Crippen LogP contribution in [0.1, 0.15) is 77.7 Å². The molecule has 6 heteroatoms. The van der Waals surface area contributed by atoms with Gasteiger partial charge in [0.15, 0.2) is 6.54 Å². The van der Waals surface area contributed by atoms with Gasteiger partial charge in [0.2, 0.25) is 5.58 Å². The lowest BCUT2D eigenvalue weighted by molar-refractivity contribution is -0.683. The van der Waals surface area contributed by atoms with Gasteiger partial charge in [-0.2, -0.15) is 4.57 Å². The second kappa shape index (κ2) is 9.87. The van der Waals surface area contributed by atoms with Gasteiger partial charge in [0.25, 0.3) is 5.52 Å².